The van der Waals surface area contributed by atoms with E-state index in [1.165, 1.54) is 29.0 Å². The lowest BCUT2D eigenvalue weighted by molar-refractivity contribution is -0.137. The number of amides is 1. The summed E-state index contributed by atoms with van der Waals surface area (Å²) in [5.41, 5.74) is 5.91. The summed E-state index contributed by atoms with van der Waals surface area (Å²) in [5, 5.41) is 4.02. The van der Waals surface area contributed by atoms with Gasteiger partial charge in [-0.1, -0.05) is 12.1 Å². The lowest BCUT2D eigenvalue weighted by atomic mass is 10.1. The molecule has 0 aliphatic rings. The van der Waals surface area contributed by atoms with Crippen LogP contribution in [0.4, 0.5) is 13.2 Å². The van der Waals surface area contributed by atoms with Gasteiger partial charge in [-0.2, -0.15) is 18.3 Å². The van der Waals surface area contributed by atoms with E-state index in [1.54, 1.807) is 6.07 Å². The summed E-state index contributed by atoms with van der Waals surface area (Å²) in [6, 6.07) is 6.24. The monoisotopic (exact) mass is 306 g/mol. The number of halogens is 3. The molecule has 0 spiro atoms. The molecule has 0 atom stereocenters. The van der Waals surface area contributed by atoms with Gasteiger partial charge in [0.1, 0.15) is 5.56 Å². The lowest BCUT2D eigenvalue weighted by Gasteiger charge is -2.08. The molecule has 0 aliphatic heterocycles. The number of nitrogens with zero attached hydrogens (tertiary/aromatic N) is 3. The number of carbonyl (C=O) groups excluding carboxylic acids is 1. The molecular formula is C14H9F3N4O. The Morgan fingerprint density at radius 2 is 1.82 bits per heavy atom. The van der Waals surface area contributed by atoms with Gasteiger partial charge in [0, 0.05) is 11.8 Å². The van der Waals surface area contributed by atoms with Crippen molar-refractivity contribution in [1.29, 1.82) is 0 Å². The first-order chi connectivity index (χ1) is 10.4. The third-order valence-electron chi connectivity index (χ3n) is 3.17. The second kappa shape index (κ2) is 4.83. The fourth-order valence-corrected chi connectivity index (χ4v) is 2.11. The molecule has 22 heavy (non-hydrogen) atoms. The summed E-state index contributed by atoms with van der Waals surface area (Å²) < 4.78 is 39.1. The van der Waals surface area contributed by atoms with Crippen molar-refractivity contribution in [2.24, 2.45) is 5.73 Å². The van der Waals surface area contributed by atoms with Crippen LogP contribution in [-0.4, -0.2) is 20.5 Å². The highest BCUT2D eigenvalue weighted by molar-refractivity contribution is 5.98. The predicted molar refractivity (Wildman–Crippen MR) is 71.9 cm³/mol. The second-order valence-electron chi connectivity index (χ2n) is 4.56. The van der Waals surface area contributed by atoms with Crippen LogP contribution in [0.3, 0.4) is 0 Å². The molecule has 0 radical (unpaired) electrons. The van der Waals surface area contributed by atoms with Crippen LogP contribution in [0.15, 0.2) is 42.7 Å². The Labute approximate surface area is 122 Å². The number of nitrogens with two attached hydrogens (primary N) is 1. The van der Waals surface area contributed by atoms with E-state index in [1.807, 2.05) is 0 Å². The Kier molecular flexibility index (Phi) is 3.09. The number of primary amides is 1. The molecule has 0 bridgehead atoms. The van der Waals surface area contributed by atoms with Crippen LogP contribution >= 0.6 is 0 Å². The van der Waals surface area contributed by atoms with Gasteiger partial charge in [-0.15, -0.1) is 0 Å². The smallest absolute Gasteiger partial charge is 0.365 e. The molecule has 1 amide bonds. The van der Waals surface area contributed by atoms with E-state index in [2.05, 4.69) is 10.1 Å². The second-order valence-corrected chi connectivity index (χ2v) is 4.56. The number of alkyl halides is 3. The van der Waals surface area contributed by atoms with Gasteiger partial charge in [-0.25, -0.2) is 9.50 Å². The number of rotatable bonds is 2. The van der Waals surface area contributed by atoms with Crippen molar-refractivity contribution in [2.45, 2.75) is 6.18 Å². The highest BCUT2D eigenvalue weighted by Crippen LogP contribution is 2.31. The Bertz CT molecular complexity index is 853. The van der Waals surface area contributed by atoms with E-state index in [-0.39, 0.29) is 11.2 Å². The van der Waals surface area contributed by atoms with Crippen LogP contribution in [0.25, 0.3) is 16.9 Å². The van der Waals surface area contributed by atoms with E-state index in [0.29, 0.717) is 11.3 Å². The van der Waals surface area contributed by atoms with Crippen LogP contribution in [-0.2, 0) is 6.18 Å². The maximum atomic E-state index is 12.6. The third-order valence-corrected chi connectivity index (χ3v) is 3.17. The zero-order valence-electron chi connectivity index (χ0n) is 11.0. The number of fused-ring (bicyclic) bond motifs is 1. The largest absolute Gasteiger partial charge is 0.416 e. The normalized spacial score (nSPS) is 11.8. The molecule has 3 aromatic rings. The quantitative estimate of drug-likeness (QED) is 0.790. The Morgan fingerprint density at radius 1 is 1.14 bits per heavy atom. The molecule has 0 unspecified atom stereocenters. The van der Waals surface area contributed by atoms with E-state index < -0.39 is 17.6 Å². The van der Waals surface area contributed by atoms with E-state index >= 15 is 0 Å². The first kappa shape index (κ1) is 14.1. The summed E-state index contributed by atoms with van der Waals surface area (Å²) in [6.07, 6.45) is -1.67. The van der Waals surface area contributed by atoms with Crippen LogP contribution in [0.2, 0.25) is 0 Å². The highest BCUT2D eigenvalue weighted by atomic mass is 19.4. The van der Waals surface area contributed by atoms with Crippen LogP contribution in [0.5, 0.6) is 0 Å². The predicted octanol–water partition coefficient (Wildman–Crippen LogP) is 2.51. The van der Waals surface area contributed by atoms with Gasteiger partial charge in [0.15, 0.2) is 5.65 Å². The standard InChI is InChI=1S/C14H9F3N4O/c15-14(16,17)9-3-1-8(2-4-9)11-5-6-19-13-10(12(18)22)7-20-21(11)13/h1-7H,(H2,18,22). The molecule has 5 nitrogen and oxygen atoms in total. The Morgan fingerprint density at radius 3 is 2.41 bits per heavy atom. The van der Waals surface area contributed by atoms with Crippen molar-refractivity contribution in [2.75, 3.05) is 0 Å². The van der Waals surface area contributed by atoms with E-state index in [9.17, 15) is 18.0 Å². The lowest BCUT2D eigenvalue weighted by Crippen LogP contribution is -2.11. The average Bonchev–Trinajstić information content (AvgIpc) is 2.90. The zero-order chi connectivity index (χ0) is 15.9. The number of aromatic nitrogens is 3. The molecule has 112 valence electrons. The van der Waals surface area contributed by atoms with E-state index in [4.69, 9.17) is 5.73 Å². The van der Waals surface area contributed by atoms with Gasteiger partial charge in [-0.3, -0.25) is 4.79 Å². The summed E-state index contributed by atoms with van der Waals surface area (Å²) in [7, 11) is 0. The molecule has 0 fully saturated rings. The number of hydrogen-bond acceptors (Lipinski definition) is 3. The Hall–Kier alpha value is -2.90. The zero-order valence-corrected chi connectivity index (χ0v) is 11.0. The minimum Gasteiger partial charge on any atom is -0.365 e. The highest BCUT2D eigenvalue weighted by Gasteiger charge is 2.30. The van der Waals surface area contributed by atoms with Gasteiger partial charge in [0.2, 0.25) is 0 Å². The molecule has 0 saturated heterocycles. The molecule has 1 aromatic carbocycles. The summed E-state index contributed by atoms with van der Waals surface area (Å²) in [4.78, 5) is 15.3. The van der Waals surface area contributed by atoms with Crippen LogP contribution in [0, 0.1) is 0 Å². The minimum atomic E-state index is -4.39. The number of hydrogen-bond donors (Lipinski definition) is 1. The van der Waals surface area contributed by atoms with Crippen molar-refractivity contribution < 1.29 is 18.0 Å². The molecule has 2 aromatic heterocycles. The first-order valence-corrected chi connectivity index (χ1v) is 6.18. The molecule has 2 N–H and O–H groups in total. The van der Waals surface area contributed by atoms with Gasteiger partial charge < -0.3 is 5.73 Å². The molecule has 2 heterocycles. The topological polar surface area (TPSA) is 73.3 Å². The molecular weight excluding hydrogens is 297 g/mol. The summed E-state index contributed by atoms with van der Waals surface area (Å²) >= 11 is 0. The van der Waals surface area contributed by atoms with Crippen molar-refractivity contribution in [3.05, 3.63) is 53.9 Å². The van der Waals surface area contributed by atoms with Crippen LogP contribution < -0.4 is 5.73 Å². The molecule has 8 heteroatoms. The minimum absolute atomic E-state index is 0.147. The third kappa shape index (κ3) is 2.28. The van der Waals surface area contributed by atoms with Crippen LogP contribution in [0.1, 0.15) is 15.9 Å². The van der Waals surface area contributed by atoms with Crippen molar-refractivity contribution in [1.82, 2.24) is 14.6 Å². The summed E-state index contributed by atoms with van der Waals surface area (Å²) in [5.74, 6) is -0.674. The van der Waals surface area contributed by atoms with Crippen molar-refractivity contribution in [3.63, 3.8) is 0 Å². The van der Waals surface area contributed by atoms with E-state index in [0.717, 1.165) is 12.1 Å². The van der Waals surface area contributed by atoms with Gasteiger partial charge >= 0.3 is 6.18 Å². The summed E-state index contributed by atoms with van der Waals surface area (Å²) in [6.45, 7) is 0. The fourth-order valence-electron chi connectivity index (χ4n) is 2.11. The molecule has 0 saturated carbocycles. The number of benzene rings is 1. The van der Waals surface area contributed by atoms with Gasteiger partial charge in [-0.05, 0) is 18.2 Å². The SMILES string of the molecule is NC(=O)c1cnn2c(-c3ccc(C(F)(F)F)cc3)ccnc12. The maximum absolute atomic E-state index is 12.6. The number of carbonyl (C=O) groups is 1. The van der Waals surface area contributed by atoms with Gasteiger partial charge in [0.25, 0.3) is 5.91 Å². The average molecular weight is 306 g/mol. The van der Waals surface area contributed by atoms with Crippen molar-refractivity contribution >= 4 is 11.6 Å². The molecule has 0 aliphatic carbocycles. The van der Waals surface area contributed by atoms with Gasteiger partial charge in [0.05, 0.1) is 17.5 Å². The Balaban J connectivity index is 2.13. The fraction of sp³-hybridized carbons (Fsp3) is 0.0714. The van der Waals surface area contributed by atoms with Crippen molar-refractivity contribution in [3.8, 4) is 11.3 Å². The first-order valence-electron chi connectivity index (χ1n) is 6.18. The molecule has 3 rings (SSSR count). The maximum Gasteiger partial charge on any atom is 0.416 e.